The van der Waals surface area contributed by atoms with E-state index in [2.05, 4.69) is 4.98 Å². The number of benzene rings is 1. The van der Waals surface area contributed by atoms with E-state index in [1.54, 1.807) is 37.3 Å². The maximum absolute atomic E-state index is 13.8. The van der Waals surface area contributed by atoms with Crippen LogP contribution in [0.4, 0.5) is 4.39 Å². The van der Waals surface area contributed by atoms with Gasteiger partial charge in [-0.25, -0.2) is 9.37 Å². The van der Waals surface area contributed by atoms with Crippen LogP contribution in [0.15, 0.2) is 53.5 Å². The molecule has 2 aromatic heterocycles. The van der Waals surface area contributed by atoms with Crippen LogP contribution in [0.5, 0.6) is 0 Å². The van der Waals surface area contributed by atoms with Gasteiger partial charge in [0.2, 0.25) is 0 Å². The molecule has 2 atom stereocenters. The third kappa shape index (κ3) is 3.39. The van der Waals surface area contributed by atoms with Crippen molar-refractivity contribution in [3.8, 4) is 0 Å². The molecule has 0 aliphatic heterocycles. The zero-order chi connectivity index (χ0) is 17.3. The van der Waals surface area contributed by atoms with Crippen molar-refractivity contribution in [1.29, 1.82) is 0 Å². The van der Waals surface area contributed by atoms with Crippen molar-refractivity contribution in [2.75, 3.05) is 0 Å². The molecule has 4 nitrogen and oxygen atoms in total. The van der Waals surface area contributed by atoms with Gasteiger partial charge in [0.05, 0.1) is 21.7 Å². The number of fused-ring (bicyclic) bond motifs is 1. The number of hydrogen-bond donors (Lipinski definition) is 0. The molecule has 0 aliphatic rings. The molecule has 0 spiro atoms. The van der Waals surface area contributed by atoms with E-state index >= 15 is 0 Å². The Kier molecular flexibility index (Phi) is 4.78. The average molecular weight is 365 g/mol. The van der Waals surface area contributed by atoms with Gasteiger partial charge in [0.1, 0.15) is 11.5 Å². The maximum atomic E-state index is 13.8. The molecule has 0 bridgehead atoms. The van der Waals surface area contributed by atoms with Crippen LogP contribution >= 0.6 is 11.6 Å². The lowest BCUT2D eigenvalue weighted by molar-refractivity contribution is 0.606. The molecule has 0 saturated carbocycles. The van der Waals surface area contributed by atoms with Crippen molar-refractivity contribution in [2.24, 2.45) is 0 Å². The van der Waals surface area contributed by atoms with E-state index in [0.717, 1.165) is 0 Å². The standard InChI is InChI=1S/C17H14ClFN2O2S/c1-11(14-4-2-3-5-15(14)19)24(23)10-13-8-17(22)21-9-12(18)6-7-16(21)20-13/h2-9,11H,10H2,1H3. The fourth-order valence-electron chi connectivity index (χ4n) is 2.42. The van der Waals surface area contributed by atoms with Crippen LogP contribution < -0.4 is 5.56 Å². The van der Waals surface area contributed by atoms with E-state index in [9.17, 15) is 13.4 Å². The molecule has 7 heteroatoms. The molecule has 24 heavy (non-hydrogen) atoms. The molecule has 0 amide bonds. The lowest BCUT2D eigenvalue weighted by atomic mass is 10.1. The number of halogens is 2. The molecular weight excluding hydrogens is 351 g/mol. The highest BCUT2D eigenvalue weighted by molar-refractivity contribution is 7.84. The first kappa shape index (κ1) is 16.8. The van der Waals surface area contributed by atoms with Gasteiger partial charge in [-0.3, -0.25) is 13.4 Å². The number of aromatic nitrogens is 2. The fourth-order valence-corrected chi connectivity index (χ4v) is 3.74. The van der Waals surface area contributed by atoms with Crippen LogP contribution in [0.25, 0.3) is 5.65 Å². The minimum Gasteiger partial charge on any atom is -0.269 e. The SMILES string of the molecule is CC(c1ccccc1F)S(=O)Cc1cc(=O)n2cc(Cl)ccc2n1. The van der Waals surface area contributed by atoms with E-state index < -0.39 is 16.0 Å². The summed E-state index contributed by atoms with van der Waals surface area (Å²) < 4.78 is 27.7. The molecule has 124 valence electrons. The lowest BCUT2D eigenvalue weighted by Crippen LogP contribution is -2.17. The quantitative estimate of drug-likeness (QED) is 0.712. The second-order valence-electron chi connectivity index (χ2n) is 5.35. The molecule has 3 rings (SSSR count). The van der Waals surface area contributed by atoms with Crippen molar-refractivity contribution >= 4 is 28.0 Å². The number of hydrogen-bond acceptors (Lipinski definition) is 3. The second-order valence-corrected chi connectivity index (χ2v) is 7.54. The zero-order valence-corrected chi connectivity index (χ0v) is 14.4. The summed E-state index contributed by atoms with van der Waals surface area (Å²) in [6, 6.07) is 10.8. The predicted molar refractivity (Wildman–Crippen MR) is 93.1 cm³/mol. The van der Waals surface area contributed by atoms with Gasteiger partial charge < -0.3 is 0 Å². The monoisotopic (exact) mass is 364 g/mol. The summed E-state index contributed by atoms with van der Waals surface area (Å²) in [4.78, 5) is 16.5. The minimum absolute atomic E-state index is 0.0733. The number of nitrogens with zero attached hydrogens (tertiary/aromatic N) is 2. The van der Waals surface area contributed by atoms with Gasteiger partial charge >= 0.3 is 0 Å². The molecule has 0 saturated heterocycles. The molecule has 0 N–H and O–H groups in total. The molecule has 0 radical (unpaired) electrons. The predicted octanol–water partition coefficient (Wildman–Crippen LogP) is 3.50. The smallest absolute Gasteiger partial charge is 0.258 e. The Labute approximate surface area is 145 Å². The van der Waals surface area contributed by atoms with E-state index in [0.29, 0.717) is 21.9 Å². The Hall–Kier alpha value is -2.05. The average Bonchev–Trinajstić information content (AvgIpc) is 2.55. The molecular formula is C17H14ClFN2O2S. The summed E-state index contributed by atoms with van der Waals surface area (Å²) in [5, 5.41) is -0.0763. The fraction of sp³-hybridized carbons (Fsp3) is 0.176. The van der Waals surface area contributed by atoms with Crippen molar-refractivity contribution in [1.82, 2.24) is 9.38 Å². The Balaban J connectivity index is 1.89. The first-order valence-corrected chi connectivity index (χ1v) is 9.01. The first-order valence-electron chi connectivity index (χ1n) is 7.25. The summed E-state index contributed by atoms with van der Waals surface area (Å²) in [6.45, 7) is 1.70. The van der Waals surface area contributed by atoms with Gasteiger partial charge in [-0.05, 0) is 25.1 Å². The third-order valence-corrected chi connectivity index (χ3v) is 5.55. The molecule has 2 unspecified atom stereocenters. The van der Waals surface area contributed by atoms with Crippen molar-refractivity contribution < 1.29 is 8.60 Å². The van der Waals surface area contributed by atoms with Crippen LogP contribution in [0.2, 0.25) is 5.02 Å². The lowest BCUT2D eigenvalue weighted by Gasteiger charge is -2.12. The van der Waals surface area contributed by atoms with Crippen LogP contribution in [0.3, 0.4) is 0 Å². The molecule has 3 aromatic rings. The summed E-state index contributed by atoms with van der Waals surface area (Å²) in [5.74, 6) is -0.316. The largest absolute Gasteiger partial charge is 0.269 e. The summed E-state index contributed by atoms with van der Waals surface area (Å²) in [7, 11) is -1.41. The van der Waals surface area contributed by atoms with Crippen LogP contribution in [0.1, 0.15) is 23.4 Å². The second kappa shape index (κ2) is 6.83. The van der Waals surface area contributed by atoms with E-state index in [-0.39, 0.29) is 17.1 Å². The van der Waals surface area contributed by atoms with Crippen LogP contribution in [-0.4, -0.2) is 13.6 Å². The first-order chi connectivity index (χ1) is 11.5. The highest BCUT2D eigenvalue weighted by Gasteiger charge is 2.18. The molecule has 1 aromatic carbocycles. The van der Waals surface area contributed by atoms with Gasteiger partial charge in [-0.15, -0.1) is 0 Å². The highest BCUT2D eigenvalue weighted by Crippen LogP contribution is 2.23. The summed E-state index contributed by atoms with van der Waals surface area (Å²) >= 11 is 5.87. The molecule has 0 fully saturated rings. The Morgan fingerprint density at radius 2 is 2.04 bits per heavy atom. The van der Waals surface area contributed by atoms with Gasteiger partial charge in [0.25, 0.3) is 5.56 Å². The van der Waals surface area contributed by atoms with E-state index in [1.165, 1.54) is 22.7 Å². The van der Waals surface area contributed by atoms with Crippen LogP contribution in [-0.2, 0) is 16.6 Å². The van der Waals surface area contributed by atoms with Gasteiger partial charge in [0.15, 0.2) is 0 Å². The van der Waals surface area contributed by atoms with Crippen molar-refractivity contribution in [3.63, 3.8) is 0 Å². The Morgan fingerprint density at radius 3 is 2.79 bits per heavy atom. The highest BCUT2D eigenvalue weighted by atomic mass is 35.5. The summed E-state index contributed by atoms with van der Waals surface area (Å²) in [6.07, 6.45) is 1.48. The molecule has 0 aliphatic carbocycles. The Bertz CT molecular complexity index is 990. The Morgan fingerprint density at radius 1 is 1.29 bits per heavy atom. The number of rotatable bonds is 4. The van der Waals surface area contributed by atoms with E-state index in [4.69, 9.17) is 11.6 Å². The normalized spacial score (nSPS) is 13.8. The van der Waals surface area contributed by atoms with Crippen molar-refractivity contribution in [2.45, 2.75) is 17.9 Å². The van der Waals surface area contributed by atoms with Gasteiger partial charge in [0, 0.05) is 28.6 Å². The van der Waals surface area contributed by atoms with Crippen LogP contribution in [0, 0.1) is 5.82 Å². The minimum atomic E-state index is -1.41. The van der Waals surface area contributed by atoms with Gasteiger partial charge in [-0.2, -0.15) is 0 Å². The van der Waals surface area contributed by atoms with Crippen molar-refractivity contribution in [3.05, 3.63) is 81.1 Å². The van der Waals surface area contributed by atoms with E-state index in [1.807, 2.05) is 0 Å². The topological polar surface area (TPSA) is 51.4 Å². The third-order valence-electron chi connectivity index (χ3n) is 3.70. The zero-order valence-electron chi connectivity index (χ0n) is 12.8. The molecule has 2 heterocycles. The maximum Gasteiger partial charge on any atom is 0.258 e. The van der Waals surface area contributed by atoms with Gasteiger partial charge in [-0.1, -0.05) is 29.8 Å². The number of pyridine rings is 1. The summed E-state index contributed by atoms with van der Waals surface area (Å²) in [5.41, 5.74) is 0.925.